The third-order valence-electron chi connectivity index (χ3n) is 4.51. The zero-order chi connectivity index (χ0) is 16.4. The Morgan fingerprint density at radius 3 is 2.83 bits per heavy atom. The molecule has 2 aliphatic rings. The fourth-order valence-electron chi connectivity index (χ4n) is 3.38. The Morgan fingerprint density at radius 1 is 1.35 bits per heavy atom. The van der Waals surface area contributed by atoms with Crippen molar-refractivity contribution in [1.29, 1.82) is 0 Å². The molecule has 0 N–H and O–H groups in total. The standard InChI is InChI=1S/C17H21NO4S/c1-2-9-18(13-8-11-23(20,21)12-13)17(19)15-7-10-22-16-6-4-3-5-14(15)16/h2-6,13,15H,1,7-12H2. The van der Waals surface area contributed by atoms with Crippen LogP contribution in [0.3, 0.4) is 0 Å². The minimum Gasteiger partial charge on any atom is -0.493 e. The summed E-state index contributed by atoms with van der Waals surface area (Å²) < 4.78 is 29.1. The van der Waals surface area contributed by atoms with Crippen LogP contribution in [0.1, 0.15) is 24.3 Å². The van der Waals surface area contributed by atoms with Crippen molar-refractivity contribution in [2.75, 3.05) is 24.7 Å². The van der Waals surface area contributed by atoms with Crippen molar-refractivity contribution >= 4 is 15.7 Å². The van der Waals surface area contributed by atoms with Crippen LogP contribution in [0.5, 0.6) is 5.75 Å². The van der Waals surface area contributed by atoms with Crippen LogP contribution in [0, 0.1) is 0 Å². The van der Waals surface area contributed by atoms with Gasteiger partial charge in [-0.25, -0.2) is 8.42 Å². The first-order chi connectivity index (χ1) is 11.0. The first kappa shape index (κ1) is 16.1. The second-order valence-electron chi connectivity index (χ2n) is 6.06. The molecule has 0 aromatic heterocycles. The minimum absolute atomic E-state index is 0.0252. The van der Waals surface area contributed by atoms with Gasteiger partial charge in [-0.2, -0.15) is 0 Å². The molecule has 124 valence electrons. The summed E-state index contributed by atoms with van der Waals surface area (Å²) in [6, 6.07) is 7.31. The molecular weight excluding hydrogens is 314 g/mol. The van der Waals surface area contributed by atoms with E-state index in [0.29, 0.717) is 26.0 Å². The lowest BCUT2D eigenvalue weighted by Crippen LogP contribution is -2.44. The van der Waals surface area contributed by atoms with Crippen LogP contribution in [0.4, 0.5) is 0 Å². The first-order valence-electron chi connectivity index (χ1n) is 7.85. The maximum absolute atomic E-state index is 13.1. The van der Waals surface area contributed by atoms with Gasteiger partial charge in [0, 0.05) is 18.2 Å². The highest BCUT2D eigenvalue weighted by Gasteiger charge is 2.38. The molecule has 1 amide bonds. The lowest BCUT2D eigenvalue weighted by atomic mass is 9.91. The molecule has 1 aromatic carbocycles. The van der Waals surface area contributed by atoms with Gasteiger partial charge in [-0.1, -0.05) is 24.3 Å². The average molecular weight is 335 g/mol. The summed E-state index contributed by atoms with van der Waals surface area (Å²) >= 11 is 0. The molecule has 2 unspecified atom stereocenters. The number of benzene rings is 1. The van der Waals surface area contributed by atoms with E-state index < -0.39 is 9.84 Å². The fraction of sp³-hybridized carbons (Fsp3) is 0.471. The zero-order valence-corrected chi connectivity index (χ0v) is 13.8. The number of fused-ring (bicyclic) bond motifs is 1. The Labute approximate surface area is 136 Å². The summed E-state index contributed by atoms with van der Waals surface area (Å²) in [6.45, 7) is 4.58. The summed E-state index contributed by atoms with van der Waals surface area (Å²) in [5.41, 5.74) is 0.888. The van der Waals surface area contributed by atoms with Crippen molar-refractivity contribution < 1.29 is 17.9 Å². The molecule has 2 heterocycles. The number of hydrogen-bond donors (Lipinski definition) is 0. The SMILES string of the molecule is C=CCN(C(=O)C1CCOc2ccccc21)C1CCS(=O)(=O)C1. The Bertz CT molecular complexity index is 713. The minimum atomic E-state index is -3.04. The number of para-hydroxylation sites is 1. The molecule has 0 spiro atoms. The Balaban J connectivity index is 1.86. The van der Waals surface area contributed by atoms with Crippen LogP contribution >= 0.6 is 0 Å². The predicted molar refractivity (Wildman–Crippen MR) is 88.3 cm³/mol. The van der Waals surface area contributed by atoms with Crippen LogP contribution < -0.4 is 4.74 Å². The van der Waals surface area contributed by atoms with Gasteiger partial charge in [-0.15, -0.1) is 6.58 Å². The van der Waals surface area contributed by atoms with Crippen molar-refractivity contribution in [2.45, 2.75) is 24.8 Å². The van der Waals surface area contributed by atoms with Crippen molar-refractivity contribution in [3.63, 3.8) is 0 Å². The van der Waals surface area contributed by atoms with Crippen molar-refractivity contribution in [2.24, 2.45) is 0 Å². The molecule has 0 bridgehead atoms. The van der Waals surface area contributed by atoms with E-state index in [1.807, 2.05) is 24.3 Å². The molecule has 1 aromatic rings. The molecule has 0 radical (unpaired) electrons. The third-order valence-corrected chi connectivity index (χ3v) is 6.27. The molecule has 2 atom stereocenters. The molecule has 3 rings (SSSR count). The van der Waals surface area contributed by atoms with E-state index in [0.717, 1.165) is 11.3 Å². The number of amides is 1. The lowest BCUT2D eigenvalue weighted by molar-refractivity contribution is -0.134. The third kappa shape index (κ3) is 3.27. The Kier molecular flexibility index (Phi) is 4.43. The smallest absolute Gasteiger partial charge is 0.230 e. The molecular formula is C17H21NO4S. The molecule has 5 nitrogen and oxygen atoms in total. The molecule has 2 aliphatic heterocycles. The van der Waals surface area contributed by atoms with Crippen molar-refractivity contribution in [1.82, 2.24) is 4.90 Å². The fourth-order valence-corrected chi connectivity index (χ4v) is 5.11. The van der Waals surface area contributed by atoms with Gasteiger partial charge < -0.3 is 9.64 Å². The lowest BCUT2D eigenvalue weighted by Gasteiger charge is -2.33. The van der Waals surface area contributed by atoms with Gasteiger partial charge in [-0.05, 0) is 18.9 Å². The van der Waals surface area contributed by atoms with Crippen LogP contribution in [0.15, 0.2) is 36.9 Å². The largest absolute Gasteiger partial charge is 0.493 e. The number of carbonyl (C=O) groups is 1. The highest BCUT2D eigenvalue weighted by atomic mass is 32.2. The molecule has 1 fully saturated rings. The van der Waals surface area contributed by atoms with Gasteiger partial charge in [0.1, 0.15) is 5.75 Å². The molecule has 0 saturated carbocycles. The summed E-state index contributed by atoms with van der Waals surface area (Å²) in [7, 11) is -3.04. The Hall–Kier alpha value is -1.82. The molecule has 6 heteroatoms. The first-order valence-corrected chi connectivity index (χ1v) is 9.67. The quantitative estimate of drug-likeness (QED) is 0.787. The van der Waals surface area contributed by atoms with Crippen LogP contribution in [-0.2, 0) is 14.6 Å². The van der Waals surface area contributed by atoms with E-state index in [1.54, 1.807) is 11.0 Å². The number of hydrogen-bond acceptors (Lipinski definition) is 4. The number of sulfone groups is 1. The second kappa shape index (κ2) is 6.35. The van der Waals surface area contributed by atoms with E-state index in [2.05, 4.69) is 6.58 Å². The number of nitrogens with zero attached hydrogens (tertiary/aromatic N) is 1. The highest BCUT2D eigenvalue weighted by molar-refractivity contribution is 7.91. The normalized spacial score (nSPS) is 25.2. The Morgan fingerprint density at radius 2 is 2.13 bits per heavy atom. The van der Waals surface area contributed by atoms with Gasteiger partial charge >= 0.3 is 0 Å². The topological polar surface area (TPSA) is 63.7 Å². The summed E-state index contributed by atoms with van der Waals surface area (Å²) in [6.07, 6.45) is 2.78. The van der Waals surface area contributed by atoms with Gasteiger partial charge in [-0.3, -0.25) is 4.79 Å². The zero-order valence-electron chi connectivity index (χ0n) is 13.0. The highest BCUT2D eigenvalue weighted by Crippen LogP contribution is 2.35. The van der Waals surface area contributed by atoms with Gasteiger partial charge in [0.2, 0.25) is 5.91 Å². The molecule has 0 aliphatic carbocycles. The predicted octanol–water partition coefficient (Wildman–Crippen LogP) is 1.75. The van der Waals surface area contributed by atoms with E-state index >= 15 is 0 Å². The monoisotopic (exact) mass is 335 g/mol. The van der Waals surface area contributed by atoms with Crippen LogP contribution in [-0.4, -0.2) is 49.9 Å². The van der Waals surface area contributed by atoms with Crippen LogP contribution in [0.2, 0.25) is 0 Å². The van der Waals surface area contributed by atoms with E-state index in [9.17, 15) is 13.2 Å². The molecule has 1 saturated heterocycles. The van der Waals surface area contributed by atoms with Gasteiger partial charge in [0.15, 0.2) is 9.84 Å². The summed E-state index contributed by atoms with van der Waals surface area (Å²) in [5, 5.41) is 0. The van der Waals surface area contributed by atoms with Crippen molar-refractivity contribution in [3.8, 4) is 5.75 Å². The van der Waals surface area contributed by atoms with Gasteiger partial charge in [0.25, 0.3) is 0 Å². The van der Waals surface area contributed by atoms with Crippen LogP contribution in [0.25, 0.3) is 0 Å². The number of ether oxygens (including phenoxy) is 1. The maximum Gasteiger partial charge on any atom is 0.230 e. The van der Waals surface area contributed by atoms with E-state index in [1.165, 1.54) is 0 Å². The number of rotatable bonds is 4. The van der Waals surface area contributed by atoms with E-state index in [4.69, 9.17) is 4.74 Å². The van der Waals surface area contributed by atoms with E-state index in [-0.39, 0.29) is 29.4 Å². The summed E-state index contributed by atoms with van der Waals surface area (Å²) in [4.78, 5) is 14.8. The number of carbonyl (C=O) groups excluding carboxylic acids is 1. The summed E-state index contributed by atoms with van der Waals surface area (Å²) in [5.74, 6) is 0.654. The van der Waals surface area contributed by atoms with Crippen molar-refractivity contribution in [3.05, 3.63) is 42.5 Å². The van der Waals surface area contributed by atoms with Gasteiger partial charge in [0.05, 0.1) is 24.0 Å². The molecule has 23 heavy (non-hydrogen) atoms. The maximum atomic E-state index is 13.1. The average Bonchev–Trinajstić information content (AvgIpc) is 2.91. The second-order valence-corrected chi connectivity index (χ2v) is 8.29.